The van der Waals surface area contributed by atoms with Crippen molar-refractivity contribution in [1.29, 1.82) is 0 Å². The fourth-order valence-electron chi connectivity index (χ4n) is 1.87. The molecule has 106 valence electrons. The average molecular weight is 354 g/mol. The van der Waals surface area contributed by atoms with Gasteiger partial charge >= 0.3 is 0 Å². The fraction of sp³-hybridized carbons (Fsp3) is 0.250. The van der Waals surface area contributed by atoms with Gasteiger partial charge in [-0.3, -0.25) is 0 Å². The van der Waals surface area contributed by atoms with E-state index in [2.05, 4.69) is 47.1 Å². The second kappa shape index (κ2) is 7.25. The minimum absolute atomic E-state index is 0.0584. The van der Waals surface area contributed by atoms with E-state index in [0.29, 0.717) is 12.0 Å². The summed E-state index contributed by atoms with van der Waals surface area (Å²) < 4.78 is 14.5. The number of aryl methyl sites for hydroxylation is 1. The predicted octanol–water partition coefficient (Wildman–Crippen LogP) is 4.56. The van der Waals surface area contributed by atoms with E-state index in [1.165, 1.54) is 16.5 Å². The lowest BCUT2D eigenvalue weighted by molar-refractivity contribution is 0.596. The van der Waals surface area contributed by atoms with E-state index in [1.54, 1.807) is 17.8 Å². The maximum atomic E-state index is 13.7. The van der Waals surface area contributed by atoms with Gasteiger partial charge in [-0.15, -0.1) is 11.8 Å². The molecule has 0 heterocycles. The maximum absolute atomic E-state index is 13.7. The molecule has 2 N–H and O–H groups in total. The van der Waals surface area contributed by atoms with Gasteiger partial charge in [-0.05, 0) is 43.2 Å². The Morgan fingerprint density at radius 2 is 1.90 bits per heavy atom. The molecule has 0 saturated carbocycles. The van der Waals surface area contributed by atoms with E-state index >= 15 is 0 Å². The Labute approximate surface area is 131 Å². The summed E-state index contributed by atoms with van der Waals surface area (Å²) in [6, 6.07) is 13.4. The largest absolute Gasteiger partial charge is 0.327 e. The highest BCUT2D eigenvalue weighted by Gasteiger charge is 2.09. The zero-order valence-electron chi connectivity index (χ0n) is 11.3. The van der Waals surface area contributed by atoms with Gasteiger partial charge in [0, 0.05) is 21.2 Å². The fourth-order valence-corrected chi connectivity index (χ4v) is 3.05. The van der Waals surface area contributed by atoms with E-state index in [1.807, 2.05) is 6.07 Å². The Kier molecular flexibility index (Phi) is 5.64. The molecule has 0 aliphatic heterocycles. The second-order valence-electron chi connectivity index (χ2n) is 4.82. The van der Waals surface area contributed by atoms with Gasteiger partial charge in [-0.25, -0.2) is 4.39 Å². The molecule has 0 spiro atoms. The summed E-state index contributed by atoms with van der Waals surface area (Å²) in [7, 11) is 0. The highest BCUT2D eigenvalue weighted by Crippen LogP contribution is 2.21. The standard InChI is InChI=1S/C16H17BrFNS/c1-11-2-6-15(7-3-11)20-10-14(19)8-12-4-5-13(17)9-16(12)18/h2-7,9,14H,8,10,19H2,1H3. The van der Waals surface area contributed by atoms with Crippen LogP contribution in [0.3, 0.4) is 0 Å². The smallest absolute Gasteiger partial charge is 0.127 e. The number of halogens is 2. The molecule has 0 saturated heterocycles. The first kappa shape index (κ1) is 15.5. The summed E-state index contributed by atoms with van der Waals surface area (Å²) in [6.45, 7) is 2.07. The molecule has 2 rings (SSSR count). The van der Waals surface area contributed by atoms with Gasteiger partial charge in [0.15, 0.2) is 0 Å². The first-order chi connectivity index (χ1) is 9.54. The van der Waals surface area contributed by atoms with Gasteiger partial charge in [0.2, 0.25) is 0 Å². The predicted molar refractivity (Wildman–Crippen MR) is 87.7 cm³/mol. The van der Waals surface area contributed by atoms with E-state index in [-0.39, 0.29) is 11.9 Å². The molecule has 0 amide bonds. The number of nitrogens with two attached hydrogens (primary N) is 1. The quantitative estimate of drug-likeness (QED) is 0.797. The molecule has 2 aromatic rings. The molecule has 0 aromatic heterocycles. The van der Waals surface area contributed by atoms with Gasteiger partial charge in [0.25, 0.3) is 0 Å². The van der Waals surface area contributed by atoms with Crippen molar-refractivity contribution in [2.24, 2.45) is 5.73 Å². The van der Waals surface area contributed by atoms with Gasteiger partial charge in [0.05, 0.1) is 0 Å². The molecule has 0 bridgehead atoms. The molecular formula is C16H17BrFNS. The lowest BCUT2D eigenvalue weighted by Gasteiger charge is -2.12. The SMILES string of the molecule is Cc1ccc(SCC(N)Cc2ccc(Br)cc2F)cc1. The number of benzene rings is 2. The Bertz CT molecular complexity index is 571. The highest BCUT2D eigenvalue weighted by atomic mass is 79.9. The van der Waals surface area contributed by atoms with Crippen molar-refractivity contribution in [2.75, 3.05) is 5.75 Å². The van der Waals surface area contributed by atoms with Crippen LogP contribution in [-0.2, 0) is 6.42 Å². The number of hydrogen-bond donors (Lipinski definition) is 1. The first-order valence-electron chi connectivity index (χ1n) is 6.43. The second-order valence-corrected chi connectivity index (χ2v) is 6.83. The van der Waals surface area contributed by atoms with Crippen molar-refractivity contribution >= 4 is 27.7 Å². The van der Waals surface area contributed by atoms with Crippen molar-refractivity contribution in [3.05, 3.63) is 63.9 Å². The summed E-state index contributed by atoms with van der Waals surface area (Å²) in [4.78, 5) is 1.20. The minimum atomic E-state index is -0.199. The Balaban J connectivity index is 1.89. The molecule has 2 aromatic carbocycles. The van der Waals surface area contributed by atoms with Crippen LogP contribution in [0.1, 0.15) is 11.1 Å². The Hall–Kier alpha value is -0.840. The lowest BCUT2D eigenvalue weighted by Crippen LogP contribution is -2.26. The molecule has 1 nitrogen and oxygen atoms in total. The van der Waals surface area contributed by atoms with Crippen LogP contribution in [0.25, 0.3) is 0 Å². The Morgan fingerprint density at radius 3 is 2.55 bits per heavy atom. The summed E-state index contributed by atoms with van der Waals surface area (Å²) in [5.74, 6) is 0.577. The van der Waals surface area contributed by atoms with Crippen molar-refractivity contribution in [2.45, 2.75) is 24.3 Å². The zero-order chi connectivity index (χ0) is 14.5. The van der Waals surface area contributed by atoms with Crippen LogP contribution in [-0.4, -0.2) is 11.8 Å². The first-order valence-corrected chi connectivity index (χ1v) is 8.21. The molecule has 4 heteroatoms. The third-order valence-corrected chi connectivity index (χ3v) is 4.68. The lowest BCUT2D eigenvalue weighted by atomic mass is 10.1. The molecule has 0 aliphatic carbocycles. The minimum Gasteiger partial charge on any atom is -0.327 e. The van der Waals surface area contributed by atoms with Crippen LogP contribution in [0, 0.1) is 12.7 Å². The third kappa shape index (κ3) is 4.62. The summed E-state index contributed by atoms with van der Waals surface area (Å²) in [5.41, 5.74) is 8.01. The molecular weight excluding hydrogens is 337 g/mol. The van der Waals surface area contributed by atoms with Crippen LogP contribution in [0.5, 0.6) is 0 Å². The molecule has 0 fully saturated rings. The third-order valence-electron chi connectivity index (χ3n) is 2.98. The van der Waals surface area contributed by atoms with Gasteiger partial charge < -0.3 is 5.73 Å². The summed E-state index contributed by atoms with van der Waals surface area (Å²) in [5, 5.41) is 0. The van der Waals surface area contributed by atoms with E-state index in [0.717, 1.165) is 10.2 Å². The molecule has 1 unspecified atom stereocenters. The Morgan fingerprint density at radius 1 is 1.20 bits per heavy atom. The number of hydrogen-bond acceptors (Lipinski definition) is 2. The van der Waals surface area contributed by atoms with Crippen LogP contribution in [0.4, 0.5) is 4.39 Å². The zero-order valence-corrected chi connectivity index (χ0v) is 13.7. The van der Waals surface area contributed by atoms with Gasteiger partial charge in [-0.1, -0.05) is 39.7 Å². The van der Waals surface area contributed by atoms with Crippen LogP contribution in [0.2, 0.25) is 0 Å². The van der Waals surface area contributed by atoms with Gasteiger partial charge in [-0.2, -0.15) is 0 Å². The molecule has 20 heavy (non-hydrogen) atoms. The van der Waals surface area contributed by atoms with E-state index < -0.39 is 0 Å². The van der Waals surface area contributed by atoms with Crippen LogP contribution in [0.15, 0.2) is 51.8 Å². The molecule has 1 atom stereocenters. The normalized spacial score (nSPS) is 12.4. The van der Waals surface area contributed by atoms with Crippen molar-refractivity contribution in [3.63, 3.8) is 0 Å². The van der Waals surface area contributed by atoms with Crippen molar-refractivity contribution < 1.29 is 4.39 Å². The topological polar surface area (TPSA) is 26.0 Å². The summed E-state index contributed by atoms with van der Waals surface area (Å²) in [6.07, 6.45) is 0.554. The number of rotatable bonds is 5. The average Bonchev–Trinajstić information content (AvgIpc) is 2.41. The highest BCUT2D eigenvalue weighted by molar-refractivity contribution is 9.10. The molecule has 0 aliphatic rings. The van der Waals surface area contributed by atoms with Gasteiger partial charge in [0.1, 0.15) is 5.82 Å². The summed E-state index contributed by atoms with van der Waals surface area (Å²) >= 11 is 4.96. The monoisotopic (exact) mass is 353 g/mol. The number of thioether (sulfide) groups is 1. The van der Waals surface area contributed by atoms with Crippen LogP contribution < -0.4 is 5.73 Å². The van der Waals surface area contributed by atoms with Crippen molar-refractivity contribution in [3.8, 4) is 0 Å². The van der Waals surface area contributed by atoms with Crippen LogP contribution >= 0.6 is 27.7 Å². The van der Waals surface area contributed by atoms with Crippen molar-refractivity contribution in [1.82, 2.24) is 0 Å². The maximum Gasteiger partial charge on any atom is 0.127 e. The molecule has 0 radical (unpaired) electrons. The van der Waals surface area contributed by atoms with E-state index in [4.69, 9.17) is 5.73 Å². The van der Waals surface area contributed by atoms with E-state index in [9.17, 15) is 4.39 Å².